The Hall–Kier alpha value is -3.35. The monoisotopic (exact) mass is 440 g/mol. The van der Waals surface area contributed by atoms with Gasteiger partial charge in [-0.15, -0.1) is 0 Å². The number of carbonyl (C=O) groups excluding carboxylic acids is 2. The number of para-hydroxylation sites is 1. The summed E-state index contributed by atoms with van der Waals surface area (Å²) in [7, 11) is 0. The Labute approximate surface area is 184 Å². The highest BCUT2D eigenvalue weighted by Crippen LogP contribution is 2.35. The third kappa shape index (κ3) is 4.77. The number of benzene rings is 3. The van der Waals surface area contributed by atoms with Gasteiger partial charge in [-0.05, 0) is 41.3 Å². The van der Waals surface area contributed by atoms with Crippen molar-refractivity contribution in [3.05, 3.63) is 77.9 Å². The lowest BCUT2D eigenvalue weighted by Gasteiger charge is -2.32. The molecule has 1 atom stereocenters. The molecule has 1 fully saturated rings. The van der Waals surface area contributed by atoms with Crippen LogP contribution in [0.5, 0.6) is 0 Å². The number of hydrogen-bond acceptors (Lipinski definition) is 2. The van der Waals surface area contributed by atoms with Crippen LogP contribution in [0.4, 0.5) is 18.9 Å². The fraction of sp³-hybridized carbons (Fsp3) is 0.280. The van der Waals surface area contributed by atoms with E-state index in [1.54, 1.807) is 4.90 Å². The van der Waals surface area contributed by atoms with Gasteiger partial charge in [-0.25, -0.2) is 0 Å². The Morgan fingerprint density at radius 3 is 2.50 bits per heavy atom. The molecule has 0 unspecified atom stereocenters. The molecule has 166 valence electrons. The van der Waals surface area contributed by atoms with E-state index in [1.807, 2.05) is 42.5 Å². The number of anilines is 1. The summed E-state index contributed by atoms with van der Waals surface area (Å²) in [6, 6.07) is 18.6. The molecule has 0 aromatic heterocycles. The van der Waals surface area contributed by atoms with E-state index in [2.05, 4.69) is 5.32 Å². The maximum absolute atomic E-state index is 13.2. The van der Waals surface area contributed by atoms with Gasteiger partial charge >= 0.3 is 6.18 Å². The van der Waals surface area contributed by atoms with Crippen LogP contribution < -0.4 is 5.32 Å². The van der Waals surface area contributed by atoms with Gasteiger partial charge in [0.2, 0.25) is 11.8 Å². The van der Waals surface area contributed by atoms with Gasteiger partial charge in [-0.2, -0.15) is 13.2 Å². The third-order valence-electron chi connectivity index (χ3n) is 5.86. The van der Waals surface area contributed by atoms with E-state index in [1.165, 1.54) is 18.2 Å². The zero-order valence-electron chi connectivity index (χ0n) is 17.4. The lowest BCUT2D eigenvalue weighted by Crippen LogP contribution is -2.44. The van der Waals surface area contributed by atoms with Crippen molar-refractivity contribution in [3.8, 4) is 0 Å². The zero-order chi connectivity index (χ0) is 22.7. The zero-order valence-corrected chi connectivity index (χ0v) is 17.4. The van der Waals surface area contributed by atoms with Crippen molar-refractivity contribution in [1.29, 1.82) is 0 Å². The smallest absolute Gasteiger partial charge is 0.342 e. The van der Waals surface area contributed by atoms with Gasteiger partial charge in [0, 0.05) is 13.1 Å². The van der Waals surface area contributed by atoms with Crippen LogP contribution in [-0.2, 0) is 22.2 Å². The van der Waals surface area contributed by atoms with Gasteiger partial charge in [0.15, 0.2) is 0 Å². The van der Waals surface area contributed by atoms with Crippen molar-refractivity contribution in [3.63, 3.8) is 0 Å². The first kappa shape index (κ1) is 21.9. The minimum absolute atomic E-state index is 0.0884. The summed E-state index contributed by atoms with van der Waals surface area (Å²) >= 11 is 0. The van der Waals surface area contributed by atoms with Gasteiger partial charge in [-0.1, -0.05) is 54.6 Å². The molecule has 0 bridgehead atoms. The predicted octanol–water partition coefficient (Wildman–Crippen LogP) is 5.28. The lowest BCUT2D eigenvalue weighted by molar-refractivity contribution is -0.137. The molecule has 1 aliphatic rings. The van der Waals surface area contributed by atoms with Crippen molar-refractivity contribution in [2.45, 2.75) is 25.4 Å². The number of alkyl halides is 3. The number of fused-ring (bicyclic) bond motifs is 1. The summed E-state index contributed by atoms with van der Waals surface area (Å²) < 4.78 is 39.7. The van der Waals surface area contributed by atoms with Crippen molar-refractivity contribution >= 4 is 28.3 Å². The topological polar surface area (TPSA) is 49.4 Å². The summed E-state index contributed by atoms with van der Waals surface area (Å²) in [5.41, 5.74) is -0.226. The molecule has 32 heavy (non-hydrogen) atoms. The molecule has 1 heterocycles. The number of rotatable bonds is 4. The van der Waals surface area contributed by atoms with Gasteiger partial charge in [-0.3, -0.25) is 9.59 Å². The van der Waals surface area contributed by atoms with E-state index in [4.69, 9.17) is 0 Å². The molecule has 4 rings (SSSR count). The third-order valence-corrected chi connectivity index (χ3v) is 5.86. The predicted molar refractivity (Wildman–Crippen MR) is 117 cm³/mol. The van der Waals surface area contributed by atoms with Gasteiger partial charge in [0.1, 0.15) is 0 Å². The second kappa shape index (κ2) is 9.02. The number of halogens is 3. The molecule has 0 radical (unpaired) electrons. The van der Waals surface area contributed by atoms with Gasteiger partial charge in [0.25, 0.3) is 0 Å². The molecule has 3 aromatic carbocycles. The number of piperidine rings is 1. The fourth-order valence-electron chi connectivity index (χ4n) is 4.21. The molecular formula is C25H23F3N2O2. The number of carbonyl (C=O) groups is 2. The van der Waals surface area contributed by atoms with Crippen LogP contribution in [0.3, 0.4) is 0 Å². The minimum Gasteiger partial charge on any atom is -0.342 e. The van der Waals surface area contributed by atoms with E-state index in [9.17, 15) is 22.8 Å². The van der Waals surface area contributed by atoms with E-state index >= 15 is 0 Å². The number of amides is 2. The summed E-state index contributed by atoms with van der Waals surface area (Å²) in [5, 5.41) is 4.49. The Bertz CT molecular complexity index is 1140. The van der Waals surface area contributed by atoms with Crippen molar-refractivity contribution < 1.29 is 22.8 Å². The fourth-order valence-corrected chi connectivity index (χ4v) is 4.21. The quantitative estimate of drug-likeness (QED) is 0.600. The first-order valence-corrected chi connectivity index (χ1v) is 10.5. The van der Waals surface area contributed by atoms with Crippen molar-refractivity contribution in [2.75, 3.05) is 18.4 Å². The second-order valence-corrected chi connectivity index (χ2v) is 8.03. The number of nitrogens with one attached hydrogen (secondary N) is 1. The van der Waals surface area contributed by atoms with Crippen LogP contribution in [0, 0.1) is 5.92 Å². The highest BCUT2D eigenvalue weighted by Gasteiger charge is 2.35. The molecule has 2 amide bonds. The second-order valence-electron chi connectivity index (χ2n) is 8.03. The normalized spacial score (nSPS) is 16.7. The Balaban J connectivity index is 1.44. The first-order valence-electron chi connectivity index (χ1n) is 10.5. The van der Waals surface area contributed by atoms with Crippen molar-refractivity contribution in [1.82, 2.24) is 4.90 Å². The van der Waals surface area contributed by atoms with Crippen LogP contribution in [-0.4, -0.2) is 29.8 Å². The molecule has 1 aliphatic heterocycles. The summed E-state index contributed by atoms with van der Waals surface area (Å²) in [5.74, 6) is -1.14. The maximum atomic E-state index is 13.2. The van der Waals surface area contributed by atoms with E-state index in [-0.39, 0.29) is 24.6 Å². The lowest BCUT2D eigenvalue weighted by atomic mass is 9.95. The van der Waals surface area contributed by atoms with Gasteiger partial charge in [0.05, 0.1) is 23.6 Å². The van der Waals surface area contributed by atoms with Crippen LogP contribution in [0.2, 0.25) is 0 Å². The first-order chi connectivity index (χ1) is 15.3. The highest BCUT2D eigenvalue weighted by molar-refractivity contribution is 5.94. The molecule has 0 spiro atoms. The van der Waals surface area contributed by atoms with E-state index in [0.29, 0.717) is 19.4 Å². The molecule has 1 saturated heterocycles. The molecule has 7 heteroatoms. The number of hydrogen-bond donors (Lipinski definition) is 1. The number of likely N-dealkylation sites (tertiary alicyclic amines) is 1. The molecule has 0 saturated carbocycles. The largest absolute Gasteiger partial charge is 0.418 e. The van der Waals surface area contributed by atoms with Crippen LogP contribution >= 0.6 is 0 Å². The van der Waals surface area contributed by atoms with E-state index in [0.717, 1.165) is 22.4 Å². The van der Waals surface area contributed by atoms with Crippen LogP contribution in [0.25, 0.3) is 10.8 Å². The molecule has 4 nitrogen and oxygen atoms in total. The number of nitrogens with zero attached hydrogens (tertiary/aromatic N) is 1. The summed E-state index contributed by atoms with van der Waals surface area (Å²) in [6.45, 7) is 0.732. The maximum Gasteiger partial charge on any atom is 0.418 e. The Morgan fingerprint density at radius 1 is 0.969 bits per heavy atom. The molecule has 1 N–H and O–H groups in total. The Kier molecular flexibility index (Phi) is 6.17. The highest BCUT2D eigenvalue weighted by atomic mass is 19.4. The average Bonchev–Trinajstić information content (AvgIpc) is 2.79. The Morgan fingerprint density at radius 2 is 1.69 bits per heavy atom. The van der Waals surface area contributed by atoms with Crippen LogP contribution in [0.1, 0.15) is 24.0 Å². The minimum atomic E-state index is -4.56. The SMILES string of the molecule is O=C(Nc1ccccc1C(F)(F)F)[C@@H]1CCCN(C(=O)Cc2cccc3ccccc23)C1. The molecule has 0 aliphatic carbocycles. The van der Waals surface area contributed by atoms with Gasteiger partial charge < -0.3 is 10.2 Å². The standard InChI is InChI=1S/C25H23F3N2O2/c26-25(27,28)21-12-3-4-13-22(21)29-24(32)19-10-6-14-30(16-19)23(31)15-18-9-5-8-17-7-1-2-11-20(17)18/h1-5,7-9,11-13,19H,6,10,14-16H2,(H,29,32)/t19-/m1/s1. The van der Waals surface area contributed by atoms with Crippen LogP contribution in [0.15, 0.2) is 66.7 Å². The summed E-state index contributed by atoms with van der Waals surface area (Å²) in [6.07, 6.45) is -3.19. The van der Waals surface area contributed by atoms with Crippen molar-refractivity contribution in [2.24, 2.45) is 5.92 Å². The summed E-state index contributed by atoms with van der Waals surface area (Å²) in [4.78, 5) is 27.3. The molecular weight excluding hydrogens is 417 g/mol. The average molecular weight is 440 g/mol. The van der Waals surface area contributed by atoms with E-state index < -0.39 is 23.6 Å². The molecule has 3 aromatic rings.